The molecule has 0 fully saturated rings. The van der Waals surface area contributed by atoms with E-state index in [2.05, 4.69) is 10.3 Å². The molecule has 0 aliphatic carbocycles. The number of hydrogen-bond donors (Lipinski definition) is 1. The summed E-state index contributed by atoms with van der Waals surface area (Å²) in [7, 11) is 0. The van der Waals surface area contributed by atoms with Gasteiger partial charge in [-0.1, -0.05) is 32.9 Å². The van der Waals surface area contributed by atoms with Crippen LogP contribution in [0, 0.1) is 15.5 Å². The Bertz CT molecular complexity index is 971. The van der Waals surface area contributed by atoms with Crippen molar-refractivity contribution in [3.63, 3.8) is 0 Å². The fourth-order valence-electron chi connectivity index (χ4n) is 2.31. The third kappa shape index (κ3) is 4.38. The van der Waals surface area contributed by atoms with E-state index < -0.39 is 10.3 Å². The van der Waals surface area contributed by atoms with E-state index in [1.807, 2.05) is 50.4 Å². The molecule has 6 nitrogen and oxygen atoms in total. The SMILES string of the molecule is CC(C)(C)C(=O)Nc1ccc(-c2csc(-c3ccc([N+](=O)[O-])cc3)n2)cc1. The Morgan fingerprint density at radius 1 is 1.04 bits per heavy atom. The van der Waals surface area contributed by atoms with Gasteiger partial charge in [0.25, 0.3) is 5.69 Å². The molecule has 1 heterocycles. The number of aromatic nitrogens is 1. The van der Waals surface area contributed by atoms with Crippen LogP contribution in [0.3, 0.4) is 0 Å². The number of thiazole rings is 1. The Morgan fingerprint density at radius 2 is 1.63 bits per heavy atom. The van der Waals surface area contributed by atoms with Gasteiger partial charge in [-0.05, 0) is 24.3 Å². The number of amides is 1. The highest BCUT2D eigenvalue weighted by Gasteiger charge is 2.21. The maximum Gasteiger partial charge on any atom is 0.269 e. The summed E-state index contributed by atoms with van der Waals surface area (Å²) in [5.41, 5.74) is 2.95. The van der Waals surface area contributed by atoms with Gasteiger partial charge in [0, 0.05) is 39.7 Å². The summed E-state index contributed by atoms with van der Waals surface area (Å²) in [5, 5.41) is 16.4. The van der Waals surface area contributed by atoms with Crippen LogP contribution in [0.2, 0.25) is 0 Å². The van der Waals surface area contributed by atoms with Crippen LogP contribution in [-0.2, 0) is 4.79 Å². The molecule has 7 heteroatoms. The molecule has 0 atom stereocenters. The van der Waals surface area contributed by atoms with E-state index >= 15 is 0 Å². The summed E-state index contributed by atoms with van der Waals surface area (Å²) in [5.74, 6) is -0.0376. The molecule has 0 bridgehead atoms. The van der Waals surface area contributed by atoms with E-state index in [0.29, 0.717) is 0 Å². The van der Waals surface area contributed by atoms with Crippen LogP contribution in [-0.4, -0.2) is 15.8 Å². The smallest absolute Gasteiger partial charge is 0.269 e. The molecule has 0 aliphatic rings. The second kappa shape index (κ2) is 7.28. The lowest BCUT2D eigenvalue weighted by Gasteiger charge is -2.17. The number of benzene rings is 2. The number of carbonyl (C=O) groups is 1. The number of anilines is 1. The van der Waals surface area contributed by atoms with Gasteiger partial charge < -0.3 is 5.32 Å². The number of nitro benzene ring substituents is 1. The first kappa shape index (κ1) is 18.7. The molecular formula is C20H19N3O3S. The molecule has 1 aromatic heterocycles. The summed E-state index contributed by atoms with van der Waals surface area (Å²) in [4.78, 5) is 27.0. The number of carbonyl (C=O) groups excluding carboxylic acids is 1. The second-order valence-electron chi connectivity index (χ2n) is 7.12. The van der Waals surface area contributed by atoms with Crippen LogP contribution in [0.25, 0.3) is 21.8 Å². The highest BCUT2D eigenvalue weighted by Crippen LogP contribution is 2.30. The number of nitro groups is 1. The number of rotatable bonds is 4. The normalized spacial score (nSPS) is 11.2. The van der Waals surface area contributed by atoms with Gasteiger partial charge in [0.2, 0.25) is 5.91 Å². The van der Waals surface area contributed by atoms with Gasteiger partial charge >= 0.3 is 0 Å². The van der Waals surface area contributed by atoms with E-state index in [1.54, 1.807) is 12.1 Å². The van der Waals surface area contributed by atoms with Crippen LogP contribution >= 0.6 is 11.3 Å². The summed E-state index contributed by atoms with van der Waals surface area (Å²) < 4.78 is 0. The van der Waals surface area contributed by atoms with Crippen molar-refractivity contribution in [2.75, 3.05) is 5.32 Å². The van der Waals surface area contributed by atoms with Crippen LogP contribution in [0.15, 0.2) is 53.9 Å². The maximum atomic E-state index is 12.1. The van der Waals surface area contributed by atoms with Gasteiger partial charge in [0.05, 0.1) is 10.6 Å². The molecular weight excluding hydrogens is 362 g/mol. The minimum Gasteiger partial charge on any atom is -0.326 e. The molecule has 1 amide bonds. The molecule has 1 N–H and O–H groups in total. The largest absolute Gasteiger partial charge is 0.326 e. The molecule has 138 valence electrons. The van der Waals surface area contributed by atoms with Crippen molar-refractivity contribution in [3.05, 3.63) is 64.0 Å². The first-order valence-electron chi connectivity index (χ1n) is 8.36. The Kier molecular flexibility index (Phi) is 5.05. The van der Waals surface area contributed by atoms with Crippen molar-refractivity contribution in [2.24, 2.45) is 5.41 Å². The lowest BCUT2D eigenvalue weighted by molar-refractivity contribution is -0.384. The lowest BCUT2D eigenvalue weighted by atomic mass is 9.95. The van der Waals surface area contributed by atoms with E-state index in [1.165, 1.54) is 23.5 Å². The van der Waals surface area contributed by atoms with Gasteiger partial charge in [0.15, 0.2) is 0 Å². The molecule has 27 heavy (non-hydrogen) atoms. The summed E-state index contributed by atoms with van der Waals surface area (Å²) in [6.45, 7) is 5.60. The van der Waals surface area contributed by atoms with Crippen molar-refractivity contribution >= 4 is 28.6 Å². The Labute approximate surface area is 161 Å². The average molecular weight is 381 g/mol. The van der Waals surface area contributed by atoms with Crippen molar-refractivity contribution in [1.82, 2.24) is 4.98 Å². The Balaban J connectivity index is 1.76. The third-order valence-electron chi connectivity index (χ3n) is 3.95. The van der Waals surface area contributed by atoms with Crippen molar-refractivity contribution in [1.29, 1.82) is 0 Å². The van der Waals surface area contributed by atoms with Crippen molar-refractivity contribution < 1.29 is 9.72 Å². The van der Waals surface area contributed by atoms with E-state index in [4.69, 9.17) is 0 Å². The predicted octanol–water partition coefficient (Wildman–Crippen LogP) is 5.37. The quantitative estimate of drug-likeness (QED) is 0.486. The van der Waals surface area contributed by atoms with Gasteiger partial charge in [-0.3, -0.25) is 14.9 Å². The van der Waals surface area contributed by atoms with Crippen molar-refractivity contribution in [3.8, 4) is 21.8 Å². The van der Waals surface area contributed by atoms with Crippen LogP contribution in [0.4, 0.5) is 11.4 Å². The number of non-ortho nitro benzene ring substituents is 1. The van der Waals surface area contributed by atoms with Gasteiger partial charge in [-0.2, -0.15) is 0 Å². The van der Waals surface area contributed by atoms with Gasteiger partial charge in [-0.25, -0.2) is 4.98 Å². The standard InChI is InChI=1S/C20H19N3O3S/c1-20(2,3)19(24)21-15-8-4-13(5-9-15)17-12-27-18(22-17)14-6-10-16(11-7-14)23(25)26/h4-12H,1-3H3,(H,21,24). The summed E-state index contributed by atoms with van der Waals surface area (Å²) in [6, 6.07) is 13.9. The Hall–Kier alpha value is -3.06. The fraction of sp³-hybridized carbons (Fsp3) is 0.200. The van der Waals surface area contributed by atoms with E-state index in [-0.39, 0.29) is 11.6 Å². The van der Waals surface area contributed by atoms with Gasteiger partial charge in [0.1, 0.15) is 5.01 Å². The zero-order valence-corrected chi connectivity index (χ0v) is 16.0. The monoisotopic (exact) mass is 381 g/mol. The Morgan fingerprint density at radius 3 is 2.19 bits per heavy atom. The lowest BCUT2D eigenvalue weighted by Crippen LogP contribution is -2.27. The van der Waals surface area contributed by atoms with Crippen LogP contribution in [0.5, 0.6) is 0 Å². The molecule has 0 radical (unpaired) electrons. The molecule has 0 unspecified atom stereocenters. The molecule has 0 spiro atoms. The summed E-state index contributed by atoms with van der Waals surface area (Å²) >= 11 is 1.48. The molecule has 3 rings (SSSR count). The highest BCUT2D eigenvalue weighted by atomic mass is 32.1. The van der Waals surface area contributed by atoms with Crippen LogP contribution < -0.4 is 5.32 Å². The van der Waals surface area contributed by atoms with E-state index in [9.17, 15) is 14.9 Å². The third-order valence-corrected chi connectivity index (χ3v) is 4.84. The first-order chi connectivity index (χ1) is 12.7. The summed E-state index contributed by atoms with van der Waals surface area (Å²) in [6.07, 6.45) is 0. The highest BCUT2D eigenvalue weighted by molar-refractivity contribution is 7.13. The predicted molar refractivity (Wildman–Crippen MR) is 108 cm³/mol. The molecule has 0 saturated carbocycles. The number of nitrogens with one attached hydrogen (secondary N) is 1. The maximum absolute atomic E-state index is 12.1. The zero-order chi connectivity index (χ0) is 19.6. The zero-order valence-electron chi connectivity index (χ0n) is 15.2. The molecule has 3 aromatic rings. The molecule has 2 aromatic carbocycles. The fourth-order valence-corrected chi connectivity index (χ4v) is 3.14. The van der Waals surface area contributed by atoms with Crippen LogP contribution in [0.1, 0.15) is 20.8 Å². The number of hydrogen-bond acceptors (Lipinski definition) is 5. The van der Waals surface area contributed by atoms with Gasteiger partial charge in [-0.15, -0.1) is 11.3 Å². The van der Waals surface area contributed by atoms with E-state index in [0.717, 1.165) is 27.5 Å². The first-order valence-corrected chi connectivity index (χ1v) is 9.24. The molecule has 0 saturated heterocycles. The minimum atomic E-state index is -0.451. The topological polar surface area (TPSA) is 85.1 Å². The second-order valence-corrected chi connectivity index (χ2v) is 7.98. The minimum absolute atomic E-state index is 0.0376. The number of nitrogens with zero attached hydrogens (tertiary/aromatic N) is 2. The molecule has 0 aliphatic heterocycles. The van der Waals surface area contributed by atoms with Crippen molar-refractivity contribution in [2.45, 2.75) is 20.8 Å². The average Bonchev–Trinajstić information content (AvgIpc) is 3.11.